The van der Waals surface area contributed by atoms with E-state index in [1.165, 1.54) is 26.4 Å². The Balaban J connectivity index is 1.92. The van der Waals surface area contributed by atoms with Crippen LogP contribution in [-0.2, 0) is 10.0 Å². The van der Waals surface area contributed by atoms with Gasteiger partial charge in [-0.1, -0.05) is 0 Å². The maximum Gasteiger partial charge on any atom is 0.240 e. The Labute approximate surface area is 147 Å². The van der Waals surface area contributed by atoms with Crippen LogP contribution in [0.2, 0.25) is 0 Å². The monoisotopic (exact) mass is 367 g/mol. The molecule has 0 atom stereocenters. The summed E-state index contributed by atoms with van der Waals surface area (Å²) >= 11 is 0. The molecule has 8 heteroatoms. The molecular formula is C17H21NO6S. The highest BCUT2D eigenvalue weighted by Crippen LogP contribution is 2.29. The van der Waals surface area contributed by atoms with Crippen LogP contribution in [-0.4, -0.2) is 42.9 Å². The van der Waals surface area contributed by atoms with Gasteiger partial charge in [0.05, 0.1) is 26.2 Å². The minimum atomic E-state index is -3.67. The maximum absolute atomic E-state index is 12.3. The first-order chi connectivity index (χ1) is 12.0. The van der Waals surface area contributed by atoms with E-state index < -0.39 is 10.0 Å². The summed E-state index contributed by atoms with van der Waals surface area (Å²) in [6.07, 6.45) is 0. The number of ether oxygens (including phenoxy) is 4. The molecule has 136 valence electrons. The van der Waals surface area contributed by atoms with E-state index in [9.17, 15) is 8.42 Å². The van der Waals surface area contributed by atoms with Crippen molar-refractivity contribution in [2.75, 3.05) is 34.5 Å². The summed E-state index contributed by atoms with van der Waals surface area (Å²) in [5, 5.41) is 0. The number of hydrogen-bond acceptors (Lipinski definition) is 6. The Morgan fingerprint density at radius 2 is 1.48 bits per heavy atom. The third-order valence-electron chi connectivity index (χ3n) is 3.39. The predicted molar refractivity (Wildman–Crippen MR) is 93.2 cm³/mol. The van der Waals surface area contributed by atoms with Crippen molar-refractivity contribution in [1.82, 2.24) is 4.72 Å². The molecule has 7 nitrogen and oxygen atoms in total. The first-order valence-corrected chi connectivity index (χ1v) is 8.97. The lowest BCUT2D eigenvalue weighted by atomic mass is 10.3. The number of hydrogen-bond donors (Lipinski definition) is 1. The molecule has 0 amide bonds. The molecule has 0 saturated carbocycles. The Morgan fingerprint density at radius 1 is 0.840 bits per heavy atom. The van der Waals surface area contributed by atoms with Crippen molar-refractivity contribution < 1.29 is 27.4 Å². The van der Waals surface area contributed by atoms with Gasteiger partial charge >= 0.3 is 0 Å². The minimum Gasteiger partial charge on any atom is -0.497 e. The highest BCUT2D eigenvalue weighted by atomic mass is 32.2. The number of nitrogens with one attached hydrogen (secondary N) is 1. The van der Waals surface area contributed by atoms with Gasteiger partial charge in [-0.3, -0.25) is 0 Å². The largest absolute Gasteiger partial charge is 0.497 e. The van der Waals surface area contributed by atoms with Gasteiger partial charge in [0.25, 0.3) is 0 Å². The fourth-order valence-electron chi connectivity index (χ4n) is 2.08. The van der Waals surface area contributed by atoms with Gasteiger partial charge in [0, 0.05) is 12.6 Å². The van der Waals surface area contributed by atoms with Crippen molar-refractivity contribution in [3.63, 3.8) is 0 Å². The summed E-state index contributed by atoms with van der Waals surface area (Å²) in [6, 6.07) is 11.4. The van der Waals surface area contributed by atoms with Crippen molar-refractivity contribution in [2.24, 2.45) is 0 Å². The third-order valence-corrected chi connectivity index (χ3v) is 4.85. The molecule has 0 bridgehead atoms. The Bertz CT molecular complexity index is 789. The van der Waals surface area contributed by atoms with Gasteiger partial charge in [-0.15, -0.1) is 0 Å². The molecule has 0 aliphatic heterocycles. The van der Waals surface area contributed by atoms with E-state index in [4.69, 9.17) is 18.9 Å². The molecule has 0 heterocycles. The average Bonchev–Trinajstić information content (AvgIpc) is 2.65. The lowest BCUT2D eigenvalue weighted by Crippen LogP contribution is -2.28. The van der Waals surface area contributed by atoms with Crippen molar-refractivity contribution >= 4 is 10.0 Å². The normalized spacial score (nSPS) is 11.0. The fourth-order valence-corrected chi connectivity index (χ4v) is 3.11. The molecule has 25 heavy (non-hydrogen) atoms. The maximum atomic E-state index is 12.3. The summed E-state index contributed by atoms with van der Waals surface area (Å²) < 4.78 is 47.9. The molecule has 0 aromatic heterocycles. The van der Waals surface area contributed by atoms with Gasteiger partial charge in [-0.05, 0) is 36.4 Å². The second-order valence-electron chi connectivity index (χ2n) is 4.94. The second kappa shape index (κ2) is 8.59. The van der Waals surface area contributed by atoms with E-state index in [0.717, 1.165) is 5.75 Å². The van der Waals surface area contributed by atoms with E-state index in [1.54, 1.807) is 37.4 Å². The molecular weight excluding hydrogens is 346 g/mol. The molecule has 1 N–H and O–H groups in total. The van der Waals surface area contributed by atoms with Crippen molar-refractivity contribution in [2.45, 2.75) is 4.90 Å². The molecule has 0 aliphatic carbocycles. The van der Waals surface area contributed by atoms with Gasteiger partial charge in [0.1, 0.15) is 18.1 Å². The van der Waals surface area contributed by atoms with Gasteiger partial charge < -0.3 is 18.9 Å². The zero-order valence-electron chi connectivity index (χ0n) is 14.3. The highest BCUT2D eigenvalue weighted by Gasteiger charge is 2.16. The Hall–Kier alpha value is -2.45. The van der Waals surface area contributed by atoms with E-state index in [2.05, 4.69) is 4.72 Å². The Morgan fingerprint density at radius 3 is 2.08 bits per heavy atom. The standard InChI is InChI=1S/C17H21NO6S/c1-21-13-4-6-14(7-5-13)24-11-10-18-25(19,20)15-8-9-16(22-2)17(12-15)23-3/h4-9,12,18H,10-11H2,1-3H3. The summed E-state index contributed by atoms with van der Waals surface area (Å²) in [5.41, 5.74) is 0. The summed E-state index contributed by atoms with van der Waals surface area (Å²) in [6.45, 7) is 0.321. The predicted octanol–water partition coefficient (Wildman–Crippen LogP) is 2.07. The fraction of sp³-hybridized carbons (Fsp3) is 0.294. The molecule has 2 rings (SSSR count). The number of sulfonamides is 1. The van der Waals surface area contributed by atoms with Crippen molar-refractivity contribution in [1.29, 1.82) is 0 Å². The first-order valence-electron chi connectivity index (χ1n) is 7.48. The SMILES string of the molecule is COc1ccc(OCCNS(=O)(=O)c2ccc(OC)c(OC)c2)cc1. The lowest BCUT2D eigenvalue weighted by molar-refractivity contribution is 0.322. The summed E-state index contributed by atoms with van der Waals surface area (Å²) in [7, 11) is 0.849. The third kappa shape index (κ3) is 5.01. The second-order valence-corrected chi connectivity index (χ2v) is 6.71. The van der Waals surface area contributed by atoms with Crippen LogP contribution in [0.4, 0.5) is 0 Å². The van der Waals surface area contributed by atoms with Crippen LogP contribution in [0.25, 0.3) is 0 Å². The Kier molecular flexibility index (Phi) is 6.49. The minimum absolute atomic E-state index is 0.0922. The van der Waals surface area contributed by atoms with Crippen LogP contribution in [0, 0.1) is 0 Å². The van der Waals surface area contributed by atoms with E-state index >= 15 is 0 Å². The van der Waals surface area contributed by atoms with Crippen LogP contribution in [0.15, 0.2) is 47.4 Å². The molecule has 0 aliphatic rings. The number of benzene rings is 2. The zero-order valence-corrected chi connectivity index (χ0v) is 15.1. The van der Waals surface area contributed by atoms with Crippen LogP contribution in [0.3, 0.4) is 0 Å². The topological polar surface area (TPSA) is 83.1 Å². The van der Waals surface area contributed by atoms with Crippen molar-refractivity contribution in [3.05, 3.63) is 42.5 Å². The summed E-state index contributed by atoms with van der Waals surface area (Å²) in [5.74, 6) is 2.16. The molecule has 0 fully saturated rings. The van der Waals surface area contributed by atoms with Crippen molar-refractivity contribution in [3.8, 4) is 23.0 Å². The molecule has 0 unspecified atom stereocenters. The summed E-state index contributed by atoms with van der Waals surface area (Å²) in [4.78, 5) is 0.0922. The highest BCUT2D eigenvalue weighted by molar-refractivity contribution is 7.89. The van der Waals surface area contributed by atoms with E-state index in [0.29, 0.717) is 17.2 Å². The quantitative estimate of drug-likeness (QED) is 0.683. The van der Waals surface area contributed by atoms with Gasteiger partial charge in [-0.25, -0.2) is 13.1 Å². The lowest BCUT2D eigenvalue weighted by Gasteiger charge is -2.11. The van der Waals surface area contributed by atoms with Crippen LogP contribution < -0.4 is 23.7 Å². The molecule has 2 aromatic rings. The van der Waals surface area contributed by atoms with E-state index in [-0.39, 0.29) is 18.0 Å². The van der Waals surface area contributed by atoms with E-state index in [1.807, 2.05) is 0 Å². The van der Waals surface area contributed by atoms with Crippen LogP contribution in [0.5, 0.6) is 23.0 Å². The smallest absolute Gasteiger partial charge is 0.240 e. The van der Waals surface area contributed by atoms with Gasteiger partial charge in [-0.2, -0.15) is 0 Å². The molecule has 0 spiro atoms. The zero-order chi connectivity index (χ0) is 18.3. The number of rotatable bonds is 9. The molecule has 0 saturated heterocycles. The molecule has 2 aromatic carbocycles. The number of methoxy groups -OCH3 is 3. The van der Waals surface area contributed by atoms with Crippen LogP contribution >= 0.6 is 0 Å². The molecule has 0 radical (unpaired) electrons. The van der Waals surface area contributed by atoms with Gasteiger partial charge in [0.15, 0.2) is 11.5 Å². The van der Waals surface area contributed by atoms with Gasteiger partial charge in [0.2, 0.25) is 10.0 Å². The first kappa shape index (κ1) is 18.9. The van der Waals surface area contributed by atoms with Crippen LogP contribution in [0.1, 0.15) is 0 Å². The average molecular weight is 367 g/mol.